The lowest BCUT2D eigenvalue weighted by Gasteiger charge is -2.35. The molecular formula is C64H74Cl3F4N8O14PS2. The maximum atomic E-state index is 14.5. The number of amides is 3. The van der Waals surface area contributed by atoms with Crippen LogP contribution in [-0.4, -0.2) is 143 Å². The Hall–Kier alpha value is -7.19. The number of benzene rings is 4. The molecule has 0 spiro atoms. The number of rotatable bonds is 17. The van der Waals surface area contributed by atoms with Crippen molar-refractivity contribution in [1.82, 2.24) is 14.1 Å². The molecule has 4 aromatic carbocycles. The fourth-order valence-corrected chi connectivity index (χ4v) is 13.0. The summed E-state index contributed by atoms with van der Waals surface area (Å²) in [4.78, 5) is 75.8. The number of hydrogen-bond donors (Lipinski definition) is 3. The fourth-order valence-electron chi connectivity index (χ4n) is 10.2. The highest BCUT2D eigenvalue weighted by atomic mass is 35.5. The van der Waals surface area contributed by atoms with Gasteiger partial charge in [0.1, 0.15) is 41.5 Å². The highest BCUT2D eigenvalue weighted by Gasteiger charge is 2.38. The van der Waals surface area contributed by atoms with Crippen LogP contribution in [0.25, 0.3) is 0 Å². The SMILES string of the molecule is C#CCN1C(=O)COc2cc(F)c(/N=c3\snc4n3CC(C)(C)C4)cc21.CC1COc2ccccc2N1C(=O)C(Cl)Cl.CCc1cccc(C)c1N(C(=O)CCl)C(C)COC.CP(=O)(O)CCC(N)C(=O)O.CS(=O)(=O)c1cc(C(F)(F)F)ccc1C(=O)c1cnoc1C1CC1. The largest absolute Gasteiger partial charge is 0.489 e. The van der Waals surface area contributed by atoms with E-state index in [1.807, 2.05) is 61.7 Å². The van der Waals surface area contributed by atoms with Crippen molar-refractivity contribution in [3.8, 4) is 23.8 Å². The highest BCUT2D eigenvalue weighted by molar-refractivity contribution is 7.90. The number of ether oxygens (including phenoxy) is 3. The van der Waals surface area contributed by atoms with E-state index < -0.39 is 62.3 Å². The molecule has 32 heteroatoms. The molecular weight excluding hydrogens is 1380 g/mol. The van der Waals surface area contributed by atoms with Gasteiger partial charge in [-0.15, -0.1) is 18.0 Å². The summed E-state index contributed by atoms with van der Waals surface area (Å²) in [7, 11) is -5.51. The Morgan fingerprint density at radius 3 is 2.32 bits per heavy atom. The molecule has 10 rings (SSSR count). The van der Waals surface area contributed by atoms with Crippen LogP contribution >= 0.6 is 53.7 Å². The number of aliphatic carboxylic acids is 1. The number of methoxy groups -OCH3 is 1. The van der Waals surface area contributed by atoms with Gasteiger partial charge in [0, 0.05) is 68.2 Å². The number of alkyl halides is 6. The van der Waals surface area contributed by atoms with Crippen molar-refractivity contribution in [2.24, 2.45) is 16.1 Å². The van der Waals surface area contributed by atoms with Crippen LogP contribution in [0.2, 0.25) is 0 Å². The molecule has 4 N–H and O–H groups in total. The van der Waals surface area contributed by atoms with E-state index in [1.54, 1.807) is 16.9 Å². The number of hydrogen-bond acceptors (Lipinski definition) is 17. The lowest BCUT2D eigenvalue weighted by molar-refractivity contribution is -0.139. The van der Waals surface area contributed by atoms with Crippen LogP contribution in [0, 0.1) is 30.5 Å². The number of nitrogens with zero attached hydrogens (tertiary/aromatic N) is 7. The maximum Gasteiger partial charge on any atom is 0.416 e. The summed E-state index contributed by atoms with van der Waals surface area (Å²) >= 11 is 18.3. The summed E-state index contributed by atoms with van der Waals surface area (Å²) in [5.74, 6) is 1.72. The molecule has 2 aromatic heterocycles. The number of para-hydroxylation sites is 3. The lowest BCUT2D eigenvalue weighted by Crippen LogP contribution is -2.47. The fraction of sp³-hybridized carbons (Fsp3) is 0.438. The van der Waals surface area contributed by atoms with Crippen LogP contribution < -0.4 is 34.7 Å². The molecule has 5 heterocycles. The van der Waals surface area contributed by atoms with Crippen molar-refractivity contribution in [2.75, 3.05) is 73.1 Å². The van der Waals surface area contributed by atoms with Crippen LogP contribution in [0.5, 0.6) is 11.5 Å². The molecule has 520 valence electrons. The zero-order chi connectivity index (χ0) is 71.4. The molecule has 6 aromatic rings. The number of terminal acetylenes is 1. The molecule has 4 unspecified atom stereocenters. The number of nitrogens with two attached hydrogens (primary N) is 1. The zero-order valence-electron chi connectivity index (χ0n) is 53.9. The molecule has 1 fully saturated rings. The number of ketones is 1. The second-order valence-electron chi connectivity index (χ2n) is 23.6. The van der Waals surface area contributed by atoms with E-state index in [0.29, 0.717) is 53.1 Å². The normalized spacial score (nSPS) is 16.6. The van der Waals surface area contributed by atoms with Crippen molar-refractivity contribution >= 4 is 116 Å². The summed E-state index contributed by atoms with van der Waals surface area (Å²) in [6, 6.07) is 17.1. The van der Waals surface area contributed by atoms with Crippen molar-refractivity contribution in [1.29, 1.82) is 0 Å². The molecule has 4 aliphatic rings. The molecule has 3 amide bonds. The number of carbonyl (C=O) groups is 5. The zero-order valence-corrected chi connectivity index (χ0v) is 58.7. The number of aryl methyl sites for hydroxylation is 2. The predicted molar refractivity (Wildman–Crippen MR) is 358 cm³/mol. The first-order chi connectivity index (χ1) is 45.0. The van der Waals surface area contributed by atoms with Crippen molar-refractivity contribution in [3.05, 3.63) is 129 Å². The van der Waals surface area contributed by atoms with Gasteiger partial charge in [0.05, 0.1) is 64.5 Å². The summed E-state index contributed by atoms with van der Waals surface area (Å²) in [6.07, 6.45) is 5.95. The van der Waals surface area contributed by atoms with Gasteiger partial charge in [-0.1, -0.05) is 85.4 Å². The van der Waals surface area contributed by atoms with Crippen LogP contribution in [0.3, 0.4) is 0 Å². The van der Waals surface area contributed by atoms with E-state index in [4.69, 9.17) is 75.7 Å². The molecule has 22 nitrogen and oxygen atoms in total. The molecule has 0 bridgehead atoms. The molecule has 4 atom stereocenters. The summed E-state index contributed by atoms with van der Waals surface area (Å²) in [6.45, 7) is 15.1. The van der Waals surface area contributed by atoms with Gasteiger partial charge in [-0.25, -0.2) is 17.8 Å². The van der Waals surface area contributed by atoms with E-state index in [9.17, 15) is 54.5 Å². The maximum absolute atomic E-state index is 14.5. The van der Waals surface area contributed by atoms with Crippen molar-refractivity contribution in [2.45, 2.75) is 120 Å². The second-order valence-corrected chi connectivity index (χ2v) is 30.3. The van der Waals surface area contributed by atoms with Crippen LogP contribution in [0.1, 0.15) is 104 Å². The number of halogens is 7. The third-order valence-corrected chi connectivity index (χ3v) is 18.6. The van der Waals surface area contributed by atoms with Gasteiger partial charge < -0.3 is 48.8 Å². The molecule has 96 heavy (non-hydrogen) atoms. The van der Waals surface area contributed by atoms with E-state index in [2.05, 4.69) is 47.3 Å². The quantitative estimate of drug-likeness (QED) is 0.0251. The van der Waals surface area contributed by atoms with Gasteiger partial charge in [-0.05, 0) is 99.4 Å². The minimum absolute atomic E-state index is 0.0223. The standard InChI is InChI=1S/C18H17FN4O2S.C15H22ClNO2.C15H12F3NO4S.C11H11Cl2NO2.C5H12NO4P/c1-4-5-22-13-7-12(11(19)6-14(13)25-9-16(22)24)20-17-23-10-18(2,3)8-15(23)21-26-17;1-5-13-8-6-7-11(2)15(13)17(14(18)9-16)12(3)10-19-4;1-24(21,22)12-6-9(15(16,17)18)4-5-10(12)13(20)11-7-19-23-14(11)8-2-3-8;1-7-6-16-9-5-3-2-4-8(9)14(7)11(15)10(12)13;1-11(9,10)3-2-4(6)5(7)8/h1,6-7H,5,8-10H2,2-3H3;6-8,12H,5,9-10H2,1-4H3;4-8H,2-3H2,1H3;2-5,7,10H,6H2,1H3;4H,2-3,6H2,1H3,(H,7,8)(H,9,10)/b20-17-;;;;. The van der Waals surface area contributed by atoms with E-state index in [-0.39, 0.29) is 89.6 Å². The average Bonchev–Trinajstić information content (AvgIpc) is 1.55. The summed E-state index contributed by atoms with van der Waals surface area (Å²) in [5.41, 5.74) is 8.33. The second kappa shape index (κ2) is 33.4. The Morgan fingerprint density at radius 2 is 1.73 bits per heavy atom. The number of sulfone groups is 1. The first-order valence-electron chi connectivity index (χ1n) is 29.7. The summed E-state index contributed by atoms with van der Waals surface area (Å²) < 4.78 is 115. The number of carbonyl (C=O) groups excluding carboxylic acids is 4. The molecule has 0 radical (unpaired) electrons. The summed E-state index contributed by atoms with van der Waals surface area (Å²) in [5, 5.41) is 11.8. The highest BCUT2D eigenvalue weighted by Crippen LogP contribution is 2.43. The minimum atomic E-state index is -4.71. The number of carboxylic acid groups (broad SMARTS) is 1. The van der Waals surface area contributed by atoms with Crippen LogP contribution in [0.15, 0.2) is 93.4 Å². The van der Waals surface area contributed by atoms with Gasteiger partial charge in [-0.2, -0.15) is 17.5 Å². The Balaban J connectivity index is 0.000000195. The van der Waals surface area contributed by atoms with Gasteiger partial charge >= 0.3 is 12.1 Å². The Labute approximate surface area is 572 Å². The van der Waals surface area contributed by atoms with Gasteiger partial charge in [-0.3, -0.25) is 33.4 Å². The number of fused-ring (bicyclic) bond motifs is 3. The molecule has 0 saturated heterocycles. The minimum Gasteiger partial charge on any atom is -0.489 e. The average molecular weight is 1460 g/mol. The number of anilines is 3. The first-order valence-corrected chi connectivity index (χ1v) is 36.1. The number of carboxylic acids is 1. The lowest BCUT2D eigenvalue weighted by atomic mass is 9.92. The van der Waals surface area contributed by atoms with Crippen molar-refractivity contribution < 1.29 is 83.3 Å². The predicted octanol–water partition coefficient (Wildman–Crippen LogP) is 10.9. The van der Waals surface area contributed by atoms with Crippen LogP contribution in [-0.2, 0) is 63.9 Å². The Bertz CT molecular complexity index is 4100. The Kier molecular flexibility index (Phi) is 27.1. The van der Waals surface area contributed by atoms with Crippen molar-refractivity contribution in [3.63, 3.8) is 0 Å². The van der Waals surface area contributed by atoms with E-state index in [0.717, 1.165) is 72.9 Å². The third-order valence-electron chi connectivity index (χ3n) is 15.0. The molecule has 1 aliphatic carbocycles. The number of aromatic nitrogens is 3. The smallest absolute Gasteiger partial charge is 0.416 e. The topological polar surface area (TPSA) is 297 Å². The van der Waals surface area contributed by atoms with Gasteiger partial charge in [0.15, 0.2) is 46.0 Å². The van der Waals surface area contributed by atoms with Gasteiger partial charge in [0.25, 0.3) is 11.8 Å². The van der Waals surface area contributed by atoms with Crippen LogP contribution in [0.4, 0.5) is 40.3 Å². The van der Waals surface area contributed by atoms with E-state index in [1.165, 1.54) is 41.4 Å². The van der Waals surface area contributed by atoms with Gasteiger partial charge in [0.2, 0.25) is 10.7 Å². The Morgan fingerprint density at radius 1 is 1.04 bits per heavy atom. The molecule has 1 saturated carbocycles. The van der Waals surface area contributed by atoms with E-state index >= 15 is 0 Å². The monoisotopic (exact) mass is 1450 g/mol. The first kappa shape index (κ1) is 77.8. The third kappa shape index (κ3) is 20.4. The molecule has 3 aliphatic heterocycles.